The van der Waals surface area contributed by atoms with Crippen LogP contribution in [-0.4, -0.2) is 24.2 Å². The maximum atomic E-state index is 13.4. The van der Waals surface area contributed by atoms with Crippen molar-refractivity contribution in [2.24, 2.45) is 0 Å². The van der Waals surface area contributed by atoms with Crippen LogP contribution < -0.4 is 15.4 Å². The van der Waals surface area contributed by atoms with E-state index in [1.807, 2.05) is 30.3 Å². The van der Waals surface area contributed by atoms with Gasteiger partial charge in [-0.1, -0.05) is 24.0 Å². The molecule has 0 aliphatic rings. The number of urea groups is 1. The van der Waals surface area contributed by atoms with Crippen molar-refractivity contribution in [3.8, 4) is 17.6 Å². The fourth-order valence-corrected chi connectivity index (χ4v) is 2.27. The van der Waals surface area contributed by atoms with Crippen LogP contribution in [0.5, 0.6) is 5.75 Å². The highest BCUT2D eigenvalue weighted by Crippen LogP contribution is 2.19. The lowest BCUT2D eigenvalue weighted by molar-refractivity contribution is 0.253. The van der Waals surface area contributed by atoms with Crippen LogP contribution in [0.25, 0.3) is 10.9 Å². The molecule has 0 saturated carbocycles. The normalized spacial score (nSPS) is 10.0. The third-order valence-corrected chi connectivity index (χ3v) is 3.55. The van der Waals surface area contributed by atoms with Gasteiger partial charge < -0.3 is 15.4 Å². The third-order valence-electron chi connectivity index (χ3n) is 3.55. The average molecular weight is 367 g/mol. The first-order valence-electron chi connectivity index (χ1n) is 8.05. The smallest absolute Gasteiger partial charge is 0.320 e. The topological polar surface area (TPSA) is 63.2 Å². The highest BCUT2D eigenvalue weighted by Gasteiger charge is 2.10. The van der Waals surface area contributed by atoms with E-state index in [1.54, 1.807) is 6.20 Å². The maximum Gasteiger partial charge on any atom is 0.320 e. The Hall–Kier alpha value is -3.66. The van der Waals surface area contributed by atoms with Crippen molar-refractivity contribution in [3.63, 3.8) is 0 Å². The molecule has 0 aliphatic heterocycles. The van der Waals surface area contributed by atoms with Crippen molar-refractivity contribution in [2.45, 2.75) is 0 Å². The van der Waals surface area contributed by atoms with E-state index >= 15 is 0 Å². The molecule has 1 heterocycles. The lowest BCUT2D eigenvalue weighted by Crippen LogP contribution is -2.29. The zero-order valence-corrected chi connectivity index (χ0v) is 14.1. The highest BCUT2D eigenvalue weighted by atomic mass is 19.1. The number of carbonyl (C=O) groups is 1. The largest absolute Gasteiger partial charge is 0.481 e. The van der Waals surface area contributed by atoms with Gasteiger partial charge in [0.15, 0.2) is 0 Å². The van der Waals surface area contributed by atoms with E-state index in [0.29, 0.717) is 5.75 Å². The number of anilines is 1. The first kappa shape index (κ1) is 18.1. The van der Waals surface area contributed by atoms with Gasteiger partial charge in [0.2, 0.25) is 0 Å². The zero-order valence-electron chi connectivity index (χ0n) is 14.1. The Morgan fingerprint density at radius 2 is 1.89 bits per heavy atom. The summed E-state index contributed by atoms with van der Waals surface area (Å²) in [5.74, 6) is 4.36. The van der Waals surface area contributed by atoms with Crippen LogP contribution in [0.15, 0.2) is 54.7 Å². The van der Waals surface area contributed by atoms with E-state index in [1.165, 1.54) is 6.07 Å². The number of ether oxygens (including phenoxy) is 1. The first-order valence-corrected chi connectivity index (χ1v) is 8.05. The van der Waals surface area contributed by atoms with Crippen LogP contribution in [0.1, 0.15) is 0 Å². The first-order chi connectivity index (χ1) is 13.1. The van der Waals surface area contributed by atoms with Crippen LogP contribution in [0.2, 0.25) is 0 Å². The summed E-state index contributed by atoms with van der Waals surface area (Å²) >= 11 is 0. The van der Waals surface area contributed by atoms with E-state index in [-0.39, 0.29) is 13.2 Å². The van der Waals surface area contributed by atoms with Gasteiger partial charge in [-0.3, -0.25) is 4.98 Å². The lowest BCUT2D eigenvalue weighted by atomic mass is 10.2. The van der Waals surface area contributed by atoms with Gasteiger partial charge >= 0.3 is 6.03 Å². The Balaban J connectivity index is 1.44. The zero-order chi connectivity index (χ0) is 19.1. The van der Waals surface area contributed by atoms with Gasteiger partial charge in [0, 0.05) is 17.6 Å². The molecule has 5 nitrogen and oxygen atoms in total. The molecule has 3 aromatic rings. The van der Waals surface area contributed by atoms with Gasteiger partial charge in [0.1, 0.15) is 29.7 Å². The third kappa shape index (κ3) is 4.92. The van der Waals surface area contributed by atoms with Gasteiger partial charge in [-0.15, -0.1) is 0 Å². The molecule has 2 amide bonds. The number of fused-ring (bicyclic) bond motifs is 1. The fraction of sp³-hybridized carbons (Fsp3) is 0.100. The molecule has 0 atom stereocenters. The minimum Gasteiger partial charge on any atom is -0.481 e. The summed E-state index contributed by atoms with van der Waals surface area (Å²) in [6.07, 6.45) is 1.70. The number of benzene rings is 2. The number of amides is 2. The number of rotatable bonds is 4. The Bertz CT molecular complexity index is 1010. The van der Waals surface area contributed by atoms with E-state index in [4.69, 9.17) is 4.74 Å². The van der Waals surface area contributed by atoms with Gasteiger partial charge in [0.25, 0.3) is 0 Å². The molecule has 0 aliphatic carbocycles. The number of hydrogen-bond donors (Lipinski definition) is 2. The van der Waals surface area contributed by atoms with E-state index < -0.39 is 23.4 Å². The fourth-order valence-electron chi connectivity index (χ4n) is 2.27. The quantitative estimate of drug-likeness (QED) is 0.691. The maximum absolute atomic E-state index is 13.4. The second-order valence-electron chi connectivity index (χ2n) is 5.40. The van der Waals surface area contributed by atoms with Gasteiger partial charge in [-0.25, -0.2) is 13.6 Å². The molecule has 0 radical (unpaired) electrons. The Kier molecular flexibility index (Phi) is 5.80. The van der Waals surface area contributed by atoms with Crippen molar-refractivity contribution in [3.05, 3.63) is 66.4 Å². The van der Waals surface area contributed by atoms with Crippen LogP contribution >= 0.6 is 0 Å². The number of hydrogen-bond acceptors (Lipinski definition) is 3. The predicted molar refractivity (Wildman–Crippen MR) is 98.4 cm³/mol. The van der Waals surface area contributed by atoms with Crippen LogP contribution in [0.3, 0.4) is 0 Å². The number of halogens is 2. The molecule has 0 fully saturated rings. The number of aromatic nitrogens is 1. The average Bonchev–Trinajstić information content (AvgIpc) is 2.67. The number of nitrogens with zero attached hydrogens (tertiary/aromatic N) is 1. The molecular formula is C20H15F2N3O2. The van der Waals surface area contributed by atoms with E-state index in [2.05, 4.69) is 27.5 Å². The van der Waals surface area contributed by atoms with Crippen molar-refractivity contribution < 1.29 is 18.3 Å². The second kappa shape index (κ2) is 8.63. The molecule has 2 aromatic carbocycles. The van der Waals surface area contributed by atoms with E-state index in [0.717, 1.165) is 23.0 Å². The summed E-state index contributed by atoms with van der Waals surface area (Å²) in [6.45, 7) is 0.133. The lowest BCUT2D eigenvalue weighted by Gasteiger charge is -2.07. The molecule has 136 valence electrons. The van der Waals surface area contributed by atoms with Gasteiger partial charge in [-0.2, -0.15) is 0 Å². The molecule has 0 saturated heterocycles. The van der Waals surface area contributed by atoms with Gasteiger partial charge in [-0.05, 0) is 30.3 Å². The molecule has 0 bridgehead atoms. The summed E-state index contributed by atoms with van der Waals surface area (Å²) in [6, 6.07) is 11.9. The molecule has 1 aromatic heterocycles. The molecule has 3 rings (SSSR count). The standard InChI is InChI=1S/C20H15F2N3O2/c21-16-6-3-7-17(22)19(16)25-20(26)24-10-1-2-12-27-15-9-8-14-5-4-11-23-18(14)13-15/h3-9,11,13H,10,12H2,(H2,24,25,26). The molecule has 0 spiro atoms. The van der Waals surface area contributed by atoms with Crippen molar-refractivity contribution in [1.82, 2.24) is 10.3 Å². The number of carbonyl (C=O) groups excluding carboxylic acids is 1. The van der Waals surface area contributed by atoms with Crippen molar-refractivity contribution >= 4 is 22.6 Å². The number of nitrogens with one attached hydrogen (secondary N) is 2. The predicted octanol–water partition coefficient (Wildman–Crippen LogP) is 3.72. The monoisotopic (exact) mass is 367 g/mol. The summed E-state index contributed by atoms with van der Waals surface area (Å²) in [7, 11) is 0. The molecular weight excluding hydrogens is 352 g/mol. The summed E-state index contributed by atoms with van der Waals surface area (Å²) < 4.78 is 32.4. The molecule has 2 N–H and O–H groups in total. The Morgan fingerprint density at radius 1 is 1.07 bits per heavy atom. The minimum absolute atomic E-state index is 0.00450. The van der Waals surface area contributed by atoms with Crippen molar-refractivity contribution in [1.29, 1.82) is 0 Å². The number of pyridine rings is 1. The Labute approximate surface area is 154 Å². The molecule has 0 unspecified atom stereocenters. The van der Waals surface area contributed by atoms with Crippen LogP contribution in [-0.2, 0) is 0 Å². The SMILES string of the molecule is O=C(NCC#CCOc1ccc2cccnc2c1)Nc1c(F)cccc1F. The van der Waals surface area contributed by atoms with Crippen molar-refractivity contribution in [2.75, 3.05) is 18.5 Å². The highest BCUT2D eigenvalue weighted by molar-refractivity contribution is 5.89. The summed E-state index contributed by atoms with van der Waals surface area (Å²) in [5, 5.41) is 5.50. The molecule has 7 heteroatoms. The van der Waals surface area contributed by atoms with Crippen LogP contribution in [0.4, 0.5) is 19.3 Å². The summed E-state index contributed by atoms with van der Waals surface area (Å²) in [5.41, 5.74) is 0.317. The molecule has 27 heavy (non-hydrogen) atoms. The van der Waals surface area contributed by atoms with Crippen LogP contribution in [0, 0.1) is 23.5 Å². The van der Waals surface area contributed by atoms with E-state index in [9.17, 15) is 13.6 Å². The number of para-hydroxylation sites is 1. The van der Waals surface area contributed by atoms with Gasteiger partial charge in [0.05, 0.1) is 12.1 Å². The summed E-state index contributed by atoms with van der Waals surface area (Å²) in [4.78, 5) is 15.9. The Morgan fingerprint density at radius 3 is 2.70 bits per heavy atom. The second-order valence-corrected chi connectivity index (χ2v) is 5.40. The minimum atomic E-state index is -0.852.